The Morgan fingerprint density at radius 1 is 1.65 bits per heavy atom. The lowest BCUT2D eigenvalue weighted by atomic mass is 10.4. The lowest BCUT2D eigenvalue weighted by Crippen LogP contribution is -2.30. The summed E-state index contributed by atoms with van der Waals surface area (Å²) in [5, 5.41) is 3.62. The van der Waals surface area contributed by atoms with E-state index in [4.69, 9.17) is 4.42 Å². The van der Waals surface area contributed by atoms with Crippen molar-refractivity contribution in [2.75, 3.05) is 0 Å². The predicted molar refractivity (Wildman–Crippen MR) is 76.4 cm³/mol. The van der Waals surface area contributed by atoms with Crippen molar-refractivity contribution in [3.05, 3.63) is 36.5 Å². The summed E-state index contributed by atoms with van der Waals surface area (Å²) in [6.07, 6.45) is 7.82. The van der Waals surface area contributed by atoms with Crippen molar-refractivity contribution in [2.45, 2.75) is 42.8 Å². The van der Waals surface area contributed by atoms with Crippen molar-refractivity contribution in [3.63, 3.8) is 0 Å². The second-order valence-corrected chi connectivity index (χ2v) is 6.21. The van der Waals surface area contributed by atoms with Gasteiger partial charge in [-0.3, -0.25) is 4.79 Å². The normalized spacial score (nSPS) is 16.1. The van der Waals surface area contributed by atoms with Crippen molar-refractivity contribution >= 4 is 17.7 Å². The van der Waals surface area contributed by atoms with Crippen molar-refractivity contribution in [1.29, 1.82) is 0 Å². The molecule has 1 N–H and O–H groups in total. The molecule has 0 bridgehead atoms. The molecular formula is C14H17N3O2S. The first-order valence-corrected chi connectivity index (χ1v) is 7.61. The minimum Gasteiger partial charge on any atom is -0.467 e. The summed E-state index contributed by atoms with van der Waals surface area (Å²) in [4.78, 5) is 16.4. The number of carbonyl (C=O) groups is 1. The van der Waals surface area contributed by atoms with Gasteiger partial charge in [-0.15, -0.1) is 0 Å². The first-order valence-electron chi connectivity index (χ1n) is 6.73. The largest absolute Gasteiger partial charge is 0.467 e. The number of rotatable bonds is 6. The topological polar surface area (TPSA) is 60.1 Å². The highest BCUT2D eigenvalue weighted by atomic mass is 32.2. The van der Waals surface area contributed by atoms with E-state index in [-0.39, 0.29) is 11.2 Å². The summed E-state index contributed by atoms with van der Waals surface area (Å²) in [5.74, 6) is 0.756. The third-order valence-corrected chi connectivity index (χ3v) is 4.34. The van der Waals surface area contributed by atoms with E-state index in [0.717, 1.165) is 10.9 Å². The van der Waals surface area contributed by atoms with Gasteiger partial charge in [0.2, 0.25) is 5.91 Å². The molecule has 0 spiro atoms. The quantitative estimate of drug-likeness (QED) is 0.831. The van der Waals surface area contributed by atoms with Crippen molar-refractivity contribution in [1.82, 2.24) is 14.9 Å². The molecule has 1 fully saturated rings. The SMILES string of the molecule is CC(Sc1nccn1C1CC1)C(=O)NCc1ccco1. The summed E-state index contributed by atoms with van der Waals surface area (Å²) >= 11 is 1.50. The fourth-order valence-electron chi connectivity index (χ4n) is 1.96. The zero-order chi connectivity index (χ0) is 13.9. The van der Waals surface area contributed by atoms with Crippen LogP contribution in [0.1, 0.15) is 31.6 Å². The van der Waals surface area contributed by atoms with E-state index in [2.05, 4.69) is 14.9 Å². The molecule has 0 saturated heterocycles. The second-order valence-electron chi connectivity index (χ2n) is 4.91. The van der Waals surface area contributed by atoms with Gasteiger partial charge in [0, 0.05) is 18.4 Å². The number of amides is 1. The molecule has 0 radical (unpaired) electrons. The number of thioether (sulfide) groups is 1. The summed E-state index contributed by atoms with van der Waals surface area (Å²) in [6, 6.07) is 4.24. The Morgan fingerprint density at radius 3 is 3.20 bits per heavy atom. The molecule has 1 amide bonds. The van der Waals surface area contributed by atoms with Crippen LogP contribution in [-0.2, 0) is 11.3 Å². The highest BCUT2D eigenvalue weighted by Gasteiger charge is 2.27. The Bertz CT molecular complexity index is 575. The average molecular weight is 291 g/mol. The molecule has 0 aromatic carbocycles. The second kappa shape index (κ2) is 5.75. The maximum absolute atomic E-state index is 12.1. The smallest absolute Gasteiger partial charge is 0.233 e. The number of furan rings is 1. The molecule has 1 aliphatic carbocycles. The van der Waals surface area contributed by atoms with Crippen molar-refractivity contribution in [2.24, 2.45) is 0 Å². The minimum atomic E-state index is -0.176. The summed E-state index contributed by atoms with van der Waals surface area (Å²) in [7, 11) is 0. The van der Waals surface area contributed by atoms with Gasteiger partial charge in [-0.05, 0) is 31.9 Å². The van der Waals surface area contributed by atoms with Crippen LogP contribution in [0, 0.1) is 0 Å². The Labute approximate surface area is 121 Å². The van der Waals surface area contributed by atoms with Gasteiger partial charge in [0.15, 0.2) is 5.16 Å². The van der Waals surface area contributed by atoms with Crippen molar-refractivity contribution in [3.8, 4) is 0 Å². The van der Waals surface area contributed by atoms with E-state index in [1.807, 2.05) is 25.3 Å². The van der Waals surface area contributed by atoms with Crippen LogP contribution in [0.4, 0.5) is 0 Å². The molecule has 2 aromatic heterocycles. The minimum absolute atomic E-state index is 0.00301. The number of hydrogen-bond donors (Lipinski definition) is 1. The molecule has 6 heteroatoms. The van der Waals surface area contributed by atoms with E-state index < -0.39 is 0 Å². The van der Waals surface area contributed by atoms with Crippen molar-refractivity contribution < 1.29 is 9.21 Å². The molecule has 1 aliphatic rings. The highest BCUT2D eigenvalue weighted by Crippen LogP contribution is 2.38. The van der Waals surface area contributed by atoms with E-state index in [1.165, 1.54) is 24.6 Å². The van der Waals surface area contributed by atoms with Gasteiger partial charge in [0.25, 0.3) is 0 Å². The zero-order valence-electron chi connectivity index (χ0n) is 11.3. The van der Waals surface area contributed by atoms with Crippen LogP contribution in [0.5, 0.6) is 0 Å². The summed E-state index contributed by atoms with van der Waals surface area (Å²) in [6.45, 7) is 2.32. The molecular weight excluding hydrogens is 274 g/mol. The number of nitrogens with one attached hydrogen (secondary N) is 1. The molecule has 2 heterocycles. The summed E-state index contributed by atoms with van der Waals surface area (Å²) in [5.41, 5.74) is 0. The highest BCUT2D eigenvalue weighted by molar-refractivity contribution is 8.00. The number of nitrogens with zero attached hydrogens (tertiary/aromatic N) is 2. The third kappa shape index (κ3) is 3.07. The molecule has 20 heavy (non-hydrogen) atoms. The lowest BCUT2D eigenvalue weighted by Gasteiger charge is -2.12. The number of aromatic nitrogens is 2. The fourth-order valence-corrected chi connectivity index (χ4v) is 2.92. The number of imidazole rings is 1. The fraction of sp³-hybridized carbons (Fsp3) is 0.429. The first-order chi connectivity index (χ1) is 9.74. The molecule has 106 valence electrons. The van der Waals surface area contributed by atoms with E-state index in [1.54, 1.807) is 12.5 Å². The van der Waals surface area contributed by atoms with Gasteiger partial charge in [0.1, 0.15) is 5.76 Å². The Kier molecular flexibility index (Phi) is 3.82. The van der Waals surface area contributed by atoms with E-state index in [9.17, 15) is 4.79 Å². The van der Waals surface area contributed by atoms with Crippen LogP contribution in [-0.4, -0.2) is 20.7 Å². The van der Waals surface area contributed by atoms with E-state index >= 15 is 0 Å². The van der Waals surface area contributed by atoms with Gasteiger partial charge < -0.3 is 14.3 Å². The maximum atomic E-state index is 12.1. The van der Waals surface area contributed by atoms with Crippen LogP contribution in [0.15, 0.2) is 40.4 Å². The molecule has 0 aliphatic heterocycles. The van der Waals surface area contributed by atoms with Gasteiger partial charge >= 0.3 is 0 Å². The first kappa shape index (κ1) is 13.3. The van der Waals surface area contributed by atoms with Gasteiger partial charge in [-0.25, -0.2) is 4.98 Å². The lowest BCUT2D eigenvalue weighted by molar-refractivity contribution is -0.120. The number of hydrogen-bond acceptors (Lipinski definition) is 4. The Hall–Kier alpha value is -1.69. The van der Waals surface area contributed by atoms with Crippen LogP contribution in [0.3, 0.4) is 0 Å². The molecule has 1 atom stereocenters. The van der Waals surface area contributed by atoms with Gasteiger partial charge in [0.05, 0.1) is 18.1 Å². The third-order valence-electron chi connectivity index (χ3n) is 3.24. The maximum Gasteiger partial charge on any atom is 0.233 e. The monoisotopic (exact) mass is 291 g/mol. The predicted octanol–water partition coefficient (Wildman–Crippen LogP) is 2.61. The van der Waals surface area contributed by atoms with Gasteiger partial charge in [-0.1, -0.05) is 11.8 Å². The van der Waals surface area contributed by atoms with Crippen LogP contribution in [0.25, 0.3) is 0 Å². The zero-order valence-corrected chi connectivity index (χ0v) is 12.1. The molecule has 1 unspecified atom stereocenters. The molecule has 3 rings (SSSR count). The molecule has 2 aromatic rings. The van der Waals surface area contributed by atoms with Crippen LogP contribution < -0.4 is 5.32 Å². The molecule has 1 saturated carbocycles. The average Bonchev–Trinajstić information content (AvgIpc) is 2.97. The Balaban J connectivity index is 1.54. The standard InChI is InChI=1S/C14H17N3O2S/c1-10(13(18)16-9-12-3-2-8-19-12)20-14-15-6-7-17(14)11-4-5-11/h2-3,6-8,10-11H,4-5,9H2,1H3,(H,16,18). The van der Waals surface area contributed by atoms with Crippen LogP contribution in [0.2, 0.25) is 0 Å². The van der Waals surface area contributed by atoms with E-state index in [0.29, 0.717) is 12.6 Å². The number of carbonyl (C=O) groups excluding carboxylic acids is 1. The van der Waals surface area contributed by atoms with Gasteiger partial charge in [-0.2, -0.15) is 0 Å². The Morgan fingerprint density at radius 2 is 2.50 bits per heavy atom. The summed E-state index contributed by atoms with van der Waals surface area (Å²) < 4.78 is 7.36. The van der Waals surface area contributed by atoms with Crippen LogP contribution >= 0.6 is 11.8 Å². The molecule has 5 nitrogen and oxygen atoms in total.